The van der Waals surface area contributed by atoms with Crippen LogP contribution < -0.4 is 9.64 Å². The molecule has 1 fully saturated rings. The summed E-state index contributed by atoms with van der Waals surface area (Å²) in [5.41, 5.74) is 5.49. The largest absolute Gasteiger partial charge is 0.497 e. The molecule has 7 heteroatoms. The number of benzene rings is 3. The van der Waals surface area contributed by atoms with Crippen LogP contribution in [0.1, 0.15) is 11.6 Å². The van der Waals surface area contributed by atoms with Crippen LogP contribution in [0.15, 0.2) is 72.8 Å². The number of hydrogen-bond donors (Lipinski definition) is 1. The van der Waals surface area contributed by atoms with Crippen LogP contribution in [0.2, 0.25) is 0 Å². The van der Waals surface area contributed by atoms with Crippen LogP contribution in [0.5, 0.6) is 5.75 Å². The van der Waals surface area contributed by atoms with Crippen LogP contribution in [0.25, 0.3) is 22.1 Å². The van der Waals surface area contributed by atoms with Crippen LogP contribution >= 0.6 is 0 Å². The quantitative estimate of drug-likeness (QED) is 0.416. The summed E-state index contributed by atoms with van der Waals surface area (Å²) in [6.07, 6.45) is 0. The molecule has 0 saturated carbocycles. The maximum atomic E-state index is 5.29. The van der Waals surface area contributed by atoms with E-state index in [1.165, 1.54) is 5.69 Å². The summed E-state index contributed by atoms with van der Waals surface area (Å²) < 4.78 is 7.60. The minimum atomic E-state index is 0.677. The smallest absolute Gasteiger partial charge is 0.127 e. The fourth-order valence-electron chi connectivity index (χ4n) is 4.81. The van der Waals surface area contributed by atoms with Crippen LogP contribution in [-0.4, -0.2) is 57.7 Å². The number of H-pyrrole nitrogens is 1. The number of fused-ring (bicyclic) bond motifs is 2. The topological polar surface area (TPSA) is 62.2 Å². The molecule has 0 aliphatic carbocycles. The third-order valence-electron chi connectivity index (χ3n) is 6.65. The molecule has 2 aromatic heterocycles. The minimum absolute atomic E-state index is 0.677. The van der Waals surface area contributed by atoms with E-state index in [9.17, 15) is 0 Å². The lowest BCUT2D eigenvalue weighted by molar-refractivity contribution is 0.241. The number of imidazole rings is 2. The molecule has 0 bridgehead atoms. The van der Waals surface area contributed by atoms with E-state index in [1.54, 1.807) is 7.11 Å². The monoisotopic (exact) mass is 452 g/mol. The first-order chi connectivity index (χ1) is 16.8. The zero-order valence-corrected chi connectivity index (χ0v) is 19.3. The van der Waals surface area contributed by atoms with Gasteiger partial charge >= 0.3 is 0 Å². The number of rotatable bonds is 6. The molecular weight excluding hydrogens is 424 g/mol. The fourth-order valence-corrected chi connectivity index (χ4v) is 4.81. The number of nitrogens with zero attached hydrogens (tertiary/aromatic N) is 5. The molecule has 1 N–H and O–H groups in total. The highest BCUT2D eigenvalue weighted by molar-refractivity contribution is 5.77. The highest BCUT2D eigenvalue weighted by Crippen LogP contribution is 2.23. The van der Waals surface area contributed by atoms with Crippen LogP contribution in [0, 0.1) is 0 Å². The van der Waals surface area contributed by atoms with Gasteiger partial charge in [-0.05, 0) is 48.5 Å². The highest BCUT2D eigenvalue weighted by atomic mass is 16.5. The molecule has 1 saturated heterocycles. The molecule has 0 spiro atoms. The molecule has 0 unspecified atom stereocenters. The van der Waals surface area contributed by atoms with Crippen molar-refractivity contribution in [3.05, 3.63) is 84.4 Å². The molecule has 0 radical (unpaired) electrons. The zero-order valence-electron chi connectivity index (χ0n) is 19.3. The van der Waals surface area contributed by atoms with Crippen molar-refractivity contribution in [2.24, 2.45) is 0 Å². The van der Waals surface area contributed by atoms with E-state index in [0.29, 0.717) is 6.54 Å². The van der Waals surface area contributed by atoms with Gasteiger partial charge in [-0.3, -0.25) is 4.90 Å². The van der Waals surface area contributed by atoms with E-state index >= 15 is 0 Å². The van der Waals surface area contributed by atoms with Crippen LogP contribution in [0.4, 0.5) is 5.69 Å². The van der Waals surface area contributed by atoms with Crippen molar-refractivity contribution in [1.29, 1.82) is 0 Å². The molecule has 3 heterocycles. The molecule has 3 aromatic carbocycles. The lowest BCUT2D eigenvalue weighted by Crippen LogP contribution is -2.46. The van der Waals surface area contributed by atoms with Crippen molar-refractivity contribution >= 4 is 27.8 Å². The molecule has 7 nitrogen and oxygen atoms in total. The second-order valence-electron chi connectivity index (χ2n) is 8.76. The van der Waals surface area contributed by atoms with Gasteiger partial charge in [0.1, 0.15) is 17.4 Å². The zero-order chi connectivity index (χ0) is 22.9. The number of anilines is 1. The van der Waals surface area contributed by atoms with Gasteiger partial charge in [0.05, 0.1) is 42.3 Å². The molecule has 172 valence electrons. The maximum absolute atomic E-state index is 5.29. The fraction of sp³-hybridized carbons (Fsp3) is 0.259. The van der Waals surface area contributed by atoms with E-state index < -0.39 is 0 Å². The van der Waals surface area contributed by atoms with E-state index in [0.717, 1.165) is 72.2 Å². The normalized spacial score (nSPS) is 14.8. The van der Waals surface area contributed by atoms with E-state index in [1.807, 2.05) is 30.3 Å². The van der Waals surface area contributed by atoms with Gasteiger partial charge in [0, 0.05) is 31.9 Å². The number of para-hydroxylation sites is 4. The predicted octanol–water partition coefficient (Wildman–Crippen LogP) is 4.29. The van der Waals surface area contributed by atoms with E-state index in [2.05, 4.69) is 61.8 Å². The Morgan fingerprint density at radius 2 is 1.53 bits per heavy atom. The average Bonchev–Trinajstić information content (AvgIpc) is 3.45. The van der Waals surface area contributed by atoms with Crippen molar-refractivity contribution < 1.29 is 4.74 Å². The summed E-state index contributed by atoms with van der Waals surface area (Å²) in [6.45, 7) is 5.49. The lowest BCUT2D eigenvalue weighted by Gasteiger charge is -2.36. The standard InChI is InChI=1S/C27H28N6O/c1-34-21-12-10-20(11-13-21)32-16-14-31(15-17-32)19-27-30-24-8-4-5-9-25(24)33(27)18-26-28-22-6-2-3-7-23(22)29-26/h2-13H,14-19H2,1H3,(H,28,29). The molecule has 1 aliphatic heterocycles. The van der Waals surface area contributed by atoms with Gasteiger partial charge < -0.3 is 19.2 Å². The SMILES string of the molecule is COc1ccc(N2CCN(Cc3nc4ccccc4n3Cc3nc4ccccc4[nH]3)CC2)cc1. The Bertz CT molecular complexity index is 1380. The van der Waals surface area contributed by atoms with Crippen LogP contribution in [-0.2, 0) is 13.1 Å². The maximum Gasteiger partial charge on any atom is 0.127 e. The summed E-state index contributed by atoms with van der Waals surface area (Å²) in [4.78, 5) is 18.2. The number of piperazine rings is 1. The third kappa shape index (κ3) is 3.99. The lowest BCUT2D eigenvalue weighted by atomic mass is 10.2. The molecule has 6 rings (SSSR count). The molecule has 34 heavy (non-hydrogen) atoms. The Labute approximate surface area is 198 Å². The molecule has 5 aromatic rings. The van der Waals surface area contributed by atoms with Gasteiger partial charge in [0.15, 0.2) is 0 Å². The van der Waals surface area contributed by atoms with Crippen molar-refractivity contribution in [1.82, 2.24) is 24.4 Å². The van der Waals surface area contributed by atoms with Crippen LogP contribution in [0.3, 0.4) is 0 Å². The summed E-state index contributed by atoms with van der Waals surface area (Å²) in [6, 6.07) is 24.9. The first-order valence-corrected chi connectivity index (χ1v) is 11.8. The summed E-state index contributed by atoms with van der Waals surface area (Å²) in [5.74, 6) is 2.93. The highest BCUT2D eigenvalue weighted by Gasteiger charge is 2.21. The number of ether oxygens (including phenoxy) is 1. The number of aromatic nitrogens is 4. The number of nitrogens with one attached hydrogen (secondary N) is 1. The molecule has 1 aliphatic rings. The van der Waals surface area contributed by atoms with Crippen molar-refractivity contribution in [3.63, 3.8) is 0 Å². The van der Waals surface area contributed by atoms with Crippen molar-refractivity contribution in [2.45, 2.75) is 13.1 Å². The second kappa shape index (κ2) is 8.83. The Morgan fingerprint density at radius 3 is 2.29 bits per heavy atom. The number of hydrogen-bond acceptors (Lipinski definition) is 5. The van der Waals surface area contributed by atoms with Crippen molar-refractivity contribution in [2.75, 3.05) is 38.2 Å². The first kappa shape index (κ1) is 20.7. The third-order valence-corrected chi connectivity index (χ3v) is 6.65. The van der Waals surface area contributed by atoms with E-state index in [4.69, 9.17) is 14.7 Å². The second-order valence-corrected chi connectivity index (χ2v) is 8.76. The molecular formula is C27H28N6O. The van der Waals surface area contributed by atoms with Gasteiger partial charge in [-0.15, -0.1) is 0 Å². The Kier molecular flexibility index (Phi) is 5.39. The molecule has 0 amide bonds. The van der Waals surface area contributed by atoms with Gasteiger partial charge in [0.25, 0.3) is 0 Å². The van der Waals surface area contributed by atoms with Gasteiger partial charge in [-0.2, -0.15) is 0 Å². The number of methoxy groups -OCH3 is 1. The van der Waals surface area contributed by atoms with Gasteiger partial charge in [0.2, 0.25) is 0 Å². The molecule has 0 atom stereocenters. The summed E-state index contributed by atoms with van der Waals surface area (Å²) >= 11 is 0. The summed E-state index contributed by atoms with van der Waals surface area (Å²) in [7, 11) is 1.70. The van der Waals surface area contributed by atoms with Gasteiger partial charge in [-0.25, -0.2) is 9.97 Å². The Balaban J connectivity index is 1.21. The van der Waals surface area contributed by atoms with Crippen molar-refractivity contribution in [3.8, 4) is 5.75 Å². The van der Waals surface area contributed by atoms with Gasteiger partial charge in [-0.1, -0.05) is 24.3 Å². The Morgan fingerprint density at radius 1 is 0.794 bits per heavy atom. The summed E-state index contributed by atoms with van der Waals surface area (Å²) in [5, 5.41) is 0. The van der Waals surface area contributed by atoms with E-state index in [-0.39, 0.29) is 0 Å². The first-order valence-electron chi connectivity index (χ1n) is 11.8. The predicted molar refractivity (Wildman–Crippen MR) is 135 cm³/mol. The number of aromatic amines is 1. The minimum Gasteiger partial charge on any atom is -0.497 e. The Hall–Kier alpha value is -3.84. The average molecular weight is 453 g/mol.